The second kappa shape index (κ2) is 4.73. The first kappa shape index (κ1) is 14.1. The van der Waals surface area contributed by atoms with Crippen molar-refractivity contribution in [2.24, 2.45) is 0 Å². The van der Waals surface area contributed by atoms with E-state index in [9.17, 15) is 13.2 Å². The number of nitriles is 1. The Hall–Kier alpha value is -1.96. The third kappa shape index (κ3) is 2.65. The highest BCUT2D eigenvalue weighted by atomic mass is 19.4. The molecule has 0 heterocycles. The van der Waals surface area contributed by atoms with Crippen LogP contribution in [0.25, 0.3) is 0 Å². The van der Waals surface area contributed by atoms with Gasteiger partial charge < -0.3 is 5.73 Å². The van der Waals surface area contributed by atoms with Gasteiger partial charge in [-0.3, -0.25) is 0 Å². The molecule has 1 aromatic carbocycles. The zero-order chi connectivity index (χ0) is 14.0. The summed E-state index contributed by atoms with van der Waals surface area (Å²) in [6, 6.07) is 5.11. The molecule has 0 spiro atoms. The zero-order valence-electron chi connectivity index (χ0n) is 9.88. The molecular formula is C13H13F3N2. The van der Waals surface area contributed by atoms with Crippen molar-refractivity contribution in [1.29, 1.82) is 5.26 Å². The maximum atomic E-state index is 12.5. The van der Waals surface area contributed by atoms with E-state index in [0.717, 1.165) is 12.1 Å². The summed E-state index contributed by atoms with van der Waals surface area (Å²) < 4.78 is 37.5. The molecule has 0 saturated heterocycles. The number of alkyl halides is 3. The number of hydrogen-bond donors (Lipinski definition) is 1. The second-order valence-electron chi connectivity index (χ2n) is 4.24. The van der Waals surface area contributed by atoms with Crippen LogP contribution in [0.2, 0.25) is 0 Å². The summed E-state index contributed by atoms with van der Waals surface area (Å²) in [5, 5.41) is 9.15. The largest absolute Gasteiger partial charge is 0.416 e. The van der Waals surface area contributed by atoms with Crippen LogP contribution in [0.4, 0.5) is 18.9 Å². The molecule has 2 N–H and O–H groups in total. The number of nitrogens with two attached hydrogens (primary N) is 1. The number of hydrogen-bond acceptors (Lipinski definition) is 2. The van der Waals surface area contributed by atoms with Gasteiger partial charge in [-0.2, -0.15) is 18.4 Å². The first-order valence-corrected chi connectivity index (χ1v) is 5.24. The van der Waals surface area contributed by atoms with Crippen LogP contribution >= 0.6 is 0 Å². The highest BCUT2D eigenvalue weighted by Gasteiger charge is 2.33. The SMILES string of the molecule is C=CCC(C)(C#N)c1ccc(C(F)(F)F)cc1N. The van der Waals surface area contributed by atoms with E-state index in [1.807, 2.05) is 0 Å². The maximum Gasteiger partial charge on any atom is 0.416 e. The maximum absolute atomic E-state index is 12.5. The lowest BCUT2D eigenvalue weighted by molar-refractivity contribution is -0.137. The highest BCUT2D eigenvalue weighted by Crippen LogP contribution is 2.36. The standard InChI is InChI=1S/C13H13F3N2/c1-3-6-12(2,8-17)10-5-4-9(7-11(10)18)13(14,15)16/h3-5,7H,1,6,18H2,2H3. The first-order chi connectivity index (χ1) is 8.24. The summed E-state index contributed by atoms with van der Waals surface area (Å²) in [7, 11) is 0. The summed E-state index contributed by atoms with van der Waals surface area (Å²) >= 11 is 0. The lowest BCUT2D eigenvalue weighted by atomic mass is 9.79. The fraction of sp³-hybridized carbons (Fsp3) is 0.308. The quantitative estimate of drug-likeness (QED) is 0.661. The Bertz CT molecular complexity index is 500. The Labute approximate surface area is 104 Å². The van der Waals surface area contributed by atoms with Crippen molar-refractivity contribution in [3.63, 3.8) is 0 Å². The average molecular weight is 254 g/mol. The van der Waals surface area contributed by atoms with E-state index < -0.39 is 17.2 Å². The molecule has 2 nitrogen and oxygen atoms in total. The van der Waals surface area contributed by atoms with Gasteiger partial charge in [0.1, 0.15) is 0 Å². The lowest BCUT2D eigenvalue weighted by Crippen LogP contribution is -2.21. The van der Waals surface area contributed by atoms with Gasteiger partial charge in [-0.1, -0.05) is 12.1 Å². The summed E-state index contributed by atoms with van der Waals surface area (Å²) in [6.45, 7) is 5.15. The van der Waals surface area contributed by atoms with Crippen LogP contribution < -0.4 is 5.73 Å². The van der Waals surface area contributed by atoms with Gasteiger partial charge in [-0.05, 0) is 31.0 Å². The number of anilines is 1. The van der Waals surface area contributed by atoms with Gasteiger partial charge in [0.05, 0.1) is 17.0 Å². The molecule has 5 heteroatoms. The Morgan fingerprint density at radius 3 is 2.44 bits per heavy atom. The smallest absolute Gasteiger partial charge is 0.398 e. The molecular weight excluding hydrogens is 241 g/mol. The van der Waals surface area contributed by atoms with Crippen LogP contribution in [0.15, 0.2) is 30.9 Å². The fourth-order valence-corrected chi connectivity index (χ4v) is 1.75. The third-order valence-electron chi connectivity index (χ3n) is 2.77. The Balaban J connectivity index is 3.29. The van der Waals surface area contributed by atoms with E-state index in [2.05, 4.69) is 12.6 Å². The van der Waals surface area contributed by atoms with Crippen LogP contribution in [0.3, 0.4) is 0 Å². The molecule has 1 rings (SSSR count). The molecule has 0 aliphatic rings. The van der Waals surface area contributed by atoms with Crippen LogP contribution in [0.5, 0.6) is 0 Å². The van der Waals surface area contributed by atoms with E-state index >= 15 is 0 Å². The number of halogens is 3. The molecule has 0 radical (unpaired) electrons. The Kier molecular flexibility index (Phi) is 3.70. The van der Waals surface area contributed by atoms with Crippen molar-refractivity contribution in [2.45, 2.75) is 24.9 Å². The van der Waals surface area contributed by atoms with Crippen molar-refractivity contribution in [3.8, 4) is 6.07 Å². The van der Waals surface area contributed by atoms with Crippen LogP contribution in [0, 0.1) is 11.3 Å². The molecule has 1 unspecified atom stereocenters. The zero-order valence-corrected chi connectivity index (χ0v) is 9.88. The summed E-state index contributed by atoms with van der Waals surface area (Å²) in [5.74, 6) is 0. The minimum atomic E-state index is -4.44. The van der Waals surface area contributed by atoms with E-state index in [0.29, 0.717) is 12.0 Å². The van der Waals surface area contributed by atoms with Crippen molar-refractivity contribution in [2.75, 3.05) is 5.73 Å². The fourth-order valence-electron chi connectivity index (χ4n) is 1.75. The summed E-state index contributed by atoms with van der Waals surface area (Å²) in [6.07, 6.45) is -2.58. The number of nitrogens with zero attached hydrogens (tertiary/aromatic N) is 1. The predicted molar refractivity (Wildman–Crippen MR) is 63.6 cm³/mol. The van der Waals surface area contributed by atoms with Gasteiger partial charge in [0.25, 0.3) is 0 Å². The molecule has 0 aliphatic heterocycles. The number of rotatable bonds is 3. The van der Waals surface area contributed by atoms with Gasteiger partial charge in [-0.25, -0.2) is 0 Å². The van der Waals surface area contributed by atoms with E-state index in [-0.39, 0.29) is 5.69 Å². The molecule has 0 aromatic heterocycles. The average Bonchev–Trinajstić information content (AvgIpc) is 2.27. The van der Waals surface area contributed by atoms with Crippen molar-refractivity contribution < 1.29 is 13.2 Å². The van der Waals surface area contributed by atoms with Crippen molar-refractivity contribution >= 4 is 5.69 Å². The van der Waals surface area contributed by atoms with Crippen LogP contribution in [0.1, 0.15) is 24.5 Å². The summed E-state index contributed by atoms with van der Waals surface area (Å²) in [5.41, 5.74) is 4.20. The lowest BCUT2D eigenvalue weighted by Gasteiger charge is -2.23. The molecule has 1 atom stereocenters. The molecule has 0 aliphatic carbocycles. The van der Waals surface area contributed by atoms with Gasteiger partial charge in [0.2, 0.25) is 0 Å². The molecule has 18 heavy (non-hydrogen) atoms. The van der Waals surface area contributed by atoms with Crippen molar-refractivity contribution in [3.05, 3.63) is 42.0 Å². The normalized spacial score (nSPS) is 14.6. The predicted octanol–water partition coefficient (Wildman–Crippen LogP) is 3.64. The number of nitrogen functional groups attached to an aromatic ring is 1. The van der Waals surface area contributed by atoms with Gasteiger partial charge in [-0.15, -0.1) is 6.58 Å². The van der Waals surface area contributed by atoms with Crippen LogP contribution in [-0.2, 0) is 11.6 Å². The topological polar surface area (TPSA) is 49.8 Å². The number of allylic oxidation sites excluding steroid dienone is 1. The second-order valence-corrected chi connectivity index (χ2v) is 4.24. The van der Waals surface area contributed by atoms with Gasteiger partial charge in [0, 0.05) is 5.69 Å². The van der Waals surface area contributed by atoms with E-state index in [4.69, 9.17) is 11.0 Å². The summed E-state index contributed by atoms with van der Waals surface area (Å²) in [4.78, 5) is 0. The van der Waals surface area contributed by atoms with E-state index in [1.165, 1.54) is 6.07 Å². The van der Waals surface area contributed by atoms with E-state index in [1.54, 1.807) is 13.0 Å². The minimum absolute atomic E-state index is 0.0317. The molecule has 0 saturated carbocycles. The molecule has 0 bridgehead atoms. The molecule has 0 fully saturated rings. The van der Waals surface area contributed by atoms with Gasteiger partial charge >= 0.3 is 6.18 Å². The minimum Gasteiger partial charge on any atom is -0.398 e. The third-order valence-corrected chi connectivity index (χ3v) is 2.77. The highest BCUT2D eigenvalue weighted by molar-refractivity contribution is 5.55. The van der Waals surface area contributed by atoms with Crippen molar-refractivity contribution in [1.82, 2.24) is 0 Å². The molecule has 1 aromatic rings. The monoisotopic (exact) mass is 254 g/mol. The van der Waals surface area contributed by atoms with Gasteiger partial charge in [0.15, 0.2) is 0 Å². The first-order valence-electron chi connectivity index (χ1n) is 5.24. The Morgan fingerprint density at radius 1 is 1.44 bits per heavy atom. The van der Waals surface area contributed by atoms with Crippen LogP contribution in [-0.4, -0.2) is 0 Å². The Morgan fingerprint density at radius 2 is 2.06 bits per heavy atom. The number of benzene rings is 1. The molecule has 0 amide bonds. The molecule has 96 valence electrons.